The Bertz CT molecular complexity index is 651. The third kappa shape index (κ3) is 4.62. The number of rotatable bonds is 4. The first-order valence-corrected chi connectivity index (χ1v) is 8.81. The van der Waals surface area contributed by atoms with E-state index in [4.69, 9.17) is 4.98 Å². The van der Waals surface area contributed by atoms with E-state index in [1.54, 1.807) is 0 Å². The second kappa shape index (κ2) is 7.00. The van der Waals surface area contributed by atoms with Gasteiger partial charge in [-0.1, -0.05) is 48.5 Å². The summed E-state index contributed by atoms with van der Waals surface area (Å²) in [6.07, 6.45) is 6.58. The van der Waals surface area contributed by atoms with Crippen molar-refractivity contribution >= 4 is 0 Å². The van der Waals surface area contributed by atoms with E-state index < -0.39 is 0 Å². The Labute approximate surface area is 147 Å². The minimum Gasteiger partial charge on any atom is -0.265 e. The Kier molecular flexibility index (Phi) is 5.42. The van der Waals surface area contributed by atoms with Crippen molar-refractivity contribution in [1.29, 1.82) is 0 Å². The molecule has 0 unspecified atom stereocenters. The first kappa shape index (κ1) is 18.6. The molecular formula is C21H31N3. The summed E-state index contributed by atoms with van der Waals surface area (Å²) in [5.74, 6) is 1.67. The molecule has 0 N–H and O–H groups in total. The Morgan fingerprint density at radius 2 is 1.50 bits per heavy atom. The van der Waals surface area contributed by atoms with Gasteiger partial charge in [-0.25, -0.2) is 9.97 Å². The van der Waals surface area contributed by atoms with Gasteiger partial charge in [-0.05, 0) is 46.9 Å². The fourth-order valence-corrected chi connectivity index (χ4v) is 2.85. The van der Waals surface area contributed by atoms with Crippen molar-refractivity contribution in [3.63, 3.8) is 0 Å². The van der Waals surface area contributed by atoms with E-state index in [1.165, 1.54) is 5.56 Å². The molecule has 2 aromatic heterocycles. The van der Waals surface area contributed by atoms with Crippen LogP contribution in [0.1, 0.15) is 77.4 Å². The average molecular weight is 326 g/mol. The molecule has 3 nitrogen and oxygen atoms in total. The SMILES string of the molecule is C[C@H](c1nccc(C[C@H](c2ccncc2)C(C)(C)C)n1)C(C)(C)C. The van der Waals surface area contributed by atoms with E-state index in [1.807, 2.05) is 18.6 Å². The Hall–Kier alpha value is -1.77. The molecule has 0 bridgehead atoms. The highest BCUT2D eigenvalue weighted by Gasteiger charge is 2.28. The van der Waals surface area contributed by atoms with E-state index in [2.05, 4.69) is 76.6 Å². The molecule has 0 aromatic carbocycles. The van der Waals surface area contributed by atoms with Gasteiger partial charge in [0.25, 0.3) is 0 Å². The maximum Gasteiger partial charge on any atom is 0.131 e. The third-order valence-corrected chi connectivity index (χ3v) is 4.99. The molecule has 0 aliphatic carbocycles. The van der Waals surface area contributed by atoms with Crippen LogP contribution in [0.15, 0.2) is 36.8 Å². The highest BCUT2D eigenvalue weighted by atomic mass is 14.9. The van der Waals surface area contributed by atoms with Crippen molar-refractivity contribution in [2.45, 2.75) is 66.7 Å². The number of aromatic nitrogens is 3. The van der Waals surface area contributed by atoms with Gasteiger partial charge in [-0.15, -0.1) is 0 Å². The van der Waals surface area contributed by atoms with Crippen LogP contribution < -0.4 is 0 Å². The molecule has 0 radical (unpaired) electrons. The van der Waals surface area contributed by atoms with Crippen molar-refractivity contribution in [3.8, 4) is 0 Å². The van der Waals surface area contributed by atoms with E-state index in [9.17, 15) is 0 Å². The second-order valence-corrected chi connectivity index (χ2v) is 8.90. The summed E-state index contributed by atoms with van der Waals surface area (Å²) in [7, 11) is 0. The van der Waals surface area contributed by atoms with Crippen molar-refractivity contribution < 1.29 is 0 Å². The molecule has 130 valence electrons. The summed E-state index contributed by atoms with van der Waals surface area (Å²) in [5.41, 5.74) is 2.75. The Morgan fingerprint density at radius 3 is 2.04 bits per heavy atom. The zero-order valence-corrected chi connectivity index (χ0v) is 16.2. The predicted octanol–water partition coefficient (Wildman–Crippen LogP) is 5.39. The predicted molar refractivity (Wildman–Crippen MR) is 100 cm³/mol. The smallest absolute Gasteiger partial charge is 0.131 e. The lowest BCUT2D eigenvalue weighted by atomic mass is 9.74. The standard InChI is InChI=1S/C21H31N3/c1-15(20(2,3)4)19-23-13-10-17(24-19)14-18(21(5,6)7)16-8-11-22-12-9-16/h8-13,15,18H,14H2,1-7H3/t15-,18-/m1/s1. The monoisotopic (exact) mass is 325 g/mol. The van der Waals surface area contributed by atoms with Gasteiger partial charge in [0.2, 0.25) is 0 Å². The van der Waals surface area contributed by atoms with Crippen LogP contribution in [0.5, 0.6) is 0 Å². The molecule has 0 aliphatic heterocycles. The molecule has 0 saturated heterocycles. The molecule has 0 spiro atoms. The topological polar surface area (TPSA) is 38.7 Å². The Balaban J connectivity index is 2.31. The number of hydrogen-bond donors (Lipinski definition) is 0. The second-order valence-electron chi connectivity index (χ2n) is 8.90. The van der Waals surface area contributed by atoms with Crippen LogP contribution in [0.3, 0.4) is 0 Å². The average Bonchev–Trinajstić information content (AvgIpc) is 2.51. The molecule has 0 aliphatic rings. The number of hydrogen-bond acceptors (Lipinski definition) is 3. The molecule has 24 heavy (non-hydrogen) atoms. The van der Waals surface area contributed by atoms with Crippen LogP contribution in [0.25, 0.3) is 0 Å². The van der Waals surface area contributed by atoms with Crippen LogP contribution in [0.2, 0.25) is 0 Å². The maximum absolute atomic E-state index is 4.89. The summed E-state index contributed by atoms with van der Waals surface area (Å²) in [6, 6.07) is 6.30. The van der Waals surface area contributed by atoms with Gasteiger partial charge in [0, 0.05) is 30.2 Å². The summed E-state index contributed by atoms with van der Waals surface area (Å²) >= 11 is 0. The minimum atomic E-state index is 0.155. The normalized spacial score (nSPS) is 15.1. The van der Waals surface area contributed by atoms with Gasteiger partial charge in [0.1, 0.15) is 5.82 Å². The lowest BCUT2D eigenvalue weighted by molar-refractivity contribution is 0.312. The van der Waals surface area contributed by atoms with Crippen LogP contribution in [0, 0.1) is 10.8 Å². The summed E-state index contributed by atoms with van der Waals surface area (Å²) in [4.78, 5) is 13.6. The quantitative estimate of drug-likeness (QED) is 0.756. The molecule has 0 saturated carbocycles. The van der Waals surface area contributed by atoms with E-state index in [0.29, 0.717) is 11.8 Å². The van der Waals surface area contributed by atoms with E-state index >= 15 is 0 Å². The highest BCUT2D eigenvalue weighted by molar-refractivity contribution is 5.21. The van der Waals surface area contributed by atoms with Gasteiger partial charge in [-0.3, -0.25) is 4.98 Å². The van der Waals surface area contributed by atoms with Gasteiger partial charge >= 0.3 is 0 Å². The first-order valence-electron chi connectivity index (χ1n) is 8.81. The van der Waals surface area contributed by atoms with E-state index in [-0.39, 0.29) is 10.8 Å². The molecule has 2 aromatic rings. The van der Waals surface area contributed by atoms with E-state index in [0.717, 1.165) is 17.9 Å². The largest absolute Gasteiger partial charge is 0.265 e. The summed E-state index contributed by atoms with van der Waals surface area (Å²) in [5, 5.41) is 0. The molecule has 0 fully saturated rings. The van der Waals surface area contributed by atoms with Crippen LogP contribution in [-0.2, 0) is 6.42 Å². The van der Waals surface area contributed by atoms with Crippen LogP contribution in [-0.4, -0.2) is 15.0 Å². The zero-order chi connectivity index (χ0) is 18.0. The molecule has 2 rings (SSSR count). The zero-order valence-electron chi connectivity index (χ0n) is 16.2. The van der Waals surface area contributed by atoms with Gasteiger partial charge < -0.3 is 0 Å². The highest BCUT2D eigenvalue weighted by Crippen LogP contribution is 2.38. The van der Waals surface area contributed by atoms with Crippen molar-refractivity contribution in [2.75, 3.05) is 0 Å². The molecule has 2 atom stereocenters. The summed E-state index contributed by atoms with van der Waals surface area (Å²) < 4.78 is 0. The van der Waals surface area contributed by atoms with Crippen molar-refractivity contribution in [2.24, 2.45) is 10.8 Å². The molecular weight excluding hydrogens is 294 g/mol. The number of nitrogens with zero attached hydrogens (tertiary/aromatic N) is 3. The minimum absolute atomic E-state index is 0.155. The van der Waals surface area contributed by atoms with Crippen molar-refractivity contribution in [1.82, 2.24) is 15.0 Å². The molecule has 2 heterocycles. The first-order chi connectivity index (χ1) is 11.1. The van der Waals surface area contributed by atoms with Crippen molar-refractivity contribution in [3.05, 3.63) is 53.9 Å². The lowest BCUT2D eigenvalue weighted by Crippen LogP contribution is -2.22. The van der Waals surface area contributed by atoms with Gasteiger partial charge in [-0.2, -0.15) is 0 Å². The van der Waals surface area contributed by atoms with Crippen LogP contribution in [0.4, 0.5) is 0 Å². The fraction of sp³-hybridized carbons (Fsp3) is 0.571. The summed E-state index contributed by atoms with van der Waals surface area (Å²) in [6.45, 7) is 15.8. The van der Waals surface area contributed by atoms with Gasteiger partial charge in [0.15, 0.2) is 0 Å². The third-order valence-electron chi connectivity index (χ3n) is 4.99. The van der Waals surface area contributed by atoms with Gasteiger partial charge in [0.05, 0.1) is 0 Å². The lowest BCUT2D eigenvalue weighted by Gasteiger charge is -2.31. The molecule has 3 heteroatoms. The maximum atomic E-state index is 4.89. The van der Waals surface area contributed by atoms with Crippen LogP contribution >= 0.6 is 0 Å². The molecule has 0 amide bonds. The Morgan fingerprint density at radius 1 is 0.875 bits per heavy atom. The fourth-order valence-electron chi connectivity index (χ4n) is 2.85. The number of pyridine rings is 1.